The number of halogens is 2. The molecule has 1 aromatic rings. The Bertz CT molecular complexity index is 272. The zero-order valence-corrected chi connectivity index (χ0v) is 7.78. The van der Waals surface area contributed by atoms with Crippen LogP contribution in [0, 0.1) is 0 Å². The maximum atomic E-state index is 12.4. The van der Waals surface area contributed by atoms with E-state index in [2.05, 4.69) is 0 Å². The minimum atomic E-state index is -2.55. The fourth-order valence-corrected chi connectivity index (χ4v) is 1.18. The Balaban J connectivity index is 2.84. The smallest absolute Gasteiger partial charge is 0.247 e. The molecule has 0 saturated heterocycles. The Labute approximate surface area is 81.1 Å². The van der Waals surface area contributed by atoms with Gasteiger partial charge in [0, 0.05) is 0 Å². The number of methoxy groups -OCH3 is 1. The van der Waals surface area contributed by atoms with E-state index in [4.69, 9.17) is 9.84 Å². The molecule has 0 radical (unpaired) electrons. The van der Waals surface area contributed by atoms with E-state index in [0.29, 0.717) is 11.3 Å². The summed E-state index contributed by atoms with van der Waals surface area (Å²) < 4.78 is 29.6. The van der Waals surface area contributed by atoms with Crippen molar-refractivity contribution in [1.82, 2.24) is 0 Å². The van der Waals surface area contributed by atoms with Crippen molar-refractivity contribution in [3.8, 4) is 5.75 Å². The zero-order valence-electron chi connectivity index (χ0n) is 7.78. The number of rotatable bonds is 4. The SMILES string of the molecule is COc1ccc(C(CO)C(F)F)cc1. The molecule has 1 aromatic carbocycles. The van der Waals surface area contributed by atoms with Crippen LogP contribution in [0.4, 0.5) is 8.78 Å². The minimum Gasteiger partial charge on any atom is -0.497 e. The molecule has 14 heavy (non-hydrogen) atoms. The molecule has 1 atom stereocenters. The van der Waals surface area contributed by atoms with Crippen LogP contribution in [0.3, 0.4) is 0 Å². The number of aliphatic hydroxyl groups excluding tert-OH is 1. The number of ether oxygens (including phenoxy) is 1. The third-order valence-electron chi connectivity index (χ3n) is 2.04. The Kier molecular flexibility index (Phi) is 3.83. The average molecular weight is 202 g/mol. The van der Waals surface area contributed by atoms with Gasteiger partial charge < -0.3 is 9.84 Å². The maximum Gasteiger partial charge on any atom is 0.247 e. The summed E-state index contributed by atoms with van der Waals surface area (Å²) in [6.07, 6.45) is -2.55. The van der Waals surface area contributed by atoms with Crippen molar-refractivity contribution in [3.63, 3.8) is 0 Å². The zero-order chi connectivity index (χ0) is 10.6. The van der Waals surface area contributed by atoms with Crippen LogP contribution in [-0.4, -0.2) is 25.2 Å². The first-order chi connectivity index (χ1) is 6.69. The molecule has 1 N–H and O–H groups in total. The van der Waals surface area contributed by atoms with Crippen LogP contribution in [0.1, 0.15) is 11.5 Å². The normalized spacial score (nSPS) is 12.9. The lowest BCUT2D eigenvalue weighted by atomic mass is 10.0. The number of aliphatic hydroxyl groups is 1. The molecule has 0 amide bonds. The molecule has 0 fully saturated rings. The second kappa shape index (κ2) is 4.91. The fraction of sp³-hybridized carbons (Fsp3) is 0.400. The third kappa shape index (κ3) is 2.42. The van der Waals surface area contributed by atoms with Crippen molar-refractivity contribution in [3.05, 3.63) is 29.8 Å². The summed E-state index contributed by atoms with van der Waals surface area (Å²) in [5.41, 5.74) is 0.420. The molecule has 1 rings (SSSR count). The third-order valence-corrected chi connectivity index (χ3v) is 2.04. The molecule has 1 unspecified atom stereocenters. The van der Waals surface area contributed by atoms with E-state index in [0.717, 1.165) is 0 Å². The Morgan fingerprint density at radius 1 is 1.29 bits per heavy atom. The molecular weight excluding hydrogens is 190 g/mol. The van der Waals surface area contributed by atoms with E-state index in [-0.39, 0.29) is 0 Å². The van der Waals surface area contributed by atoms with Gasteiger partial charge in [0.15, 0.2) is 0 Å². The van der Waals surface area contributed by atoms with Gasteiger partial charge >= 0.3 is 0 Å². The molecule has 0 aliphatic rings. The van der Waals surface area contributed by atoms with E-state index >= 15 is 0 Å². The van der Waals surface area contributed by atoms with Gasteiger partial charge in [0.25, 0.3) is 0 Å². The van der Waals surface area contributed by atoms with Crippen molar-refractivity contribution in [2.75, 3.05) is 13.7 Å². The first-order valence-corrected chi connectivity index (χ1v) is 4.22. The number of benzene rings is 1. The Hall–Kier alpha value is -1.16. The van der Waals surface area contributed by atoms with Gasteiger partial charge in [-0.15, -0.1) is 0 Å². The minimum absolute atomic E-state index is 0.420. The summed E-state index contributed by atoms with van der Waals surface area (Å²) in [7, 11) is 1.51. The number of hydrogen-bond donors (Lipinski definition) is 1. The summed E-state index contributed by atoms with van der Waals surface area (Å²) in [5, 5.41) is 8.77. The Morgan fingerprint density at radius 3 is 2.21 bits per heavy atom. The lowest BCUT2D eigenvalue weighted by Gasteiger charge is -2.13. The largest absolute Gasteiger partial charge is 0.497 e. The average Bonchev–Trinajstić information content (AvgIpc) is 2.19. The summed E-state index contributed by atoms with van der Waals surface area (Å²) in [4.78, 5) is 0. The highest BCUT2D eigenvalue weighted by molar-refractivity contribution is 5.29. The van der Waals surface area contributed by atoms with Gasteiger partial charge in [0.05, 0.1) is 19.6 Å². The highest BCUT2D eigenvalue weighted by Crippen LogP contribution is 2.24. The van der Waals surface area contributed by atoms with Gasteiger partial charge in [-0.1, -0.05) is 12.1 Å². The van der Waals surface area contributed by atoms with Crippen molar-refractivity contribution in [1.29, 1.82) is 0 Å². The van der Waals surface area contributed by atoms with Crippen LogP contribution in [0.5, 0.6) is 5.75 Å². The molecule has 4 heteroatoms. The second-order valence-electron chi connectivity index (χ2n) is 2.90. The van der Waals surface area contributed by atoms with Crippen LogP contribution in [0.2, 0.25) is 0 Å². The molecule has 0 spiro atoms. The predicted molar refractivity (Wildman–Crippen MR) is 48.8 cm³/mol. The summed E-state index contributed by atoms with van der Waals surface area (Å²) in [5.74, 6) is -0.499. The lowest BCUT2D eigenvalue weighted by Crippen LogP contribution is -2.13. The second-order valence-corrected chi connectivity index (χ2v) is 2.90. The molecule has 78 valence electrons. The number of alkyl halides is 2. The summed E-state index contributed by atoms with van der Waals surface area (Å²) >= 11 is 0. The van der Waals surface area contributed by atoms with Gasteiger partial charge in [-0.2, -0.15) is 0 Å². The van der Waals surface area contributed by atoms with Gasteiger partial charge in [0.1, 0.15) is 5.75 Å². The standard InChI is InChI=1S/C10H12F2O2/c1-14-8-4-2-7(3-5-8)9(6-13)10(11)12/h2-5,9-10,13H,6H2,1H3. The first-order valence-electron chi connectivity index (χ1n) is 4.22. The molecule has 0 heterocycles. The molecule has 0 bridgehead atoms. The van der Waals surface area contributed by atoms with Crippen molar-refractivity contribution < 1.29 is 18.6 Å². The van der Waals surface area contributed by atoms with Gasteiger partial charge in [-0.3, -0.25) is 0 Å². The molecule has 0 aliphatic carbocycles. The van der Waals surface area contributed by atoms with Gasteiger partial charge in [0.2, 0.25) is 6.43 Å². The molecule has 2 nitrogen and oxygen atoms in total. The van der Waals surface area contributed by atoms with Crippen LogP contribution in [0.25, 0.3) is 0 Å². The molecule has 0 aliphatic heterocycles. The van der Waals surface area contributed by atoms with E-state index in [1.54, 1.807) is 12.1 Å². The van der Waals surface area contributed by atoms with Crippen LogP contribution in [-0.2, 0) is 0 Å². The number of hydrogen-bond acceptors (Lipinski definition) is 2. The fourth-order valence-electron chi connectivity index (χ4n) is 1.18. The van der Waals surface area contributed by atoms with Crippen molar-refractivity contribution in [2.45, 2.75) is 12.3 Å². The maximum absolute atomic E-state index is 12.4. The van der Waals surface area contributed by atoms with E-state index in [9.17, 15) is 8.78 Å². The molecule has 0 aromatic heterocycles. The van der Waals surface area contributed by atoms with E-state index in [1.807, 2.05) is 0 Å². The highest BCUT2D eigenvalue weighted by Gasteiger charge is 2.21. The topological polar surface area (TPSA) is 29.5 Å². The lowest BCUT2D eigenvalue weighted by molar-refractivity contribution is 0.0810. The quantitative estimate of drug-likeness (QED) is 0.809. The first kappa shape index (κ1) is 10.9. The summed E-state index contributed by atoms with van der Waals surface area (Å²) in [6.45, 7) is -0.552. The summed E-state index contributed by atoms with van der Waals surface area (Å²) in [6, 6.07) is 6.26. The van der Waals surface area contributed by atoms with E-state index < -0.39 is 19.0 Å². The van der Waals surface area contributed by atoms with Crippen molar-refractivity contribution in [2.24, 2.45) is 0 Å². The molecular formula is C10H12F2O2. The monoisotopic (exact) mass is 202 g/mol. The highest BCUT2D eigenvalue weighted by atomic mass is 19.3. The van der Waals surface area contributed by atoms with E-state index in [1.165, 1.54) is 19.2 Å². The van der Waals surface area contributed by atoms with Crippen molar-refractivity contribution >= 4 is 0 Å². The van der Waals surface area contributed by atoms with Gasteiger partial charge in [-0.05, 0) is 17.7 Å². The van der Waals surface area contributed by atoms with Crippen LogP contribution >= 0.6 is 0 Å². The Morgan fingerprint density at radius 2 is 1.86 bits per heavy atom. The van der Waals surface area contributed by atoms with Crippen LogP contribution in [0.15, 0.2) is 24.3 Å². The van der Waals surface area contributed by atoms with Crippen LogP contribution < -0.4 is 4.74 Å². The molecule has 0 saturated carbocycles. The predicted octanol–water partition coefficient (Wildman–Crippen LogP) is 2.04. The van der Waals surface area contributed by atoms with Gasteiger partial charge in [-0.25, -0.2) is 8.78 Å².